The first-order valence-electron chi connectivity index (χ1n) is 7.21. The molecule has 2 rings (SSSR count). The maximum atomic E-state index is 12.1. The van der Waals surface area contributed by atoms with Crippen molar-refractivity contribution in [2.24, 2.45) is 18.9 Å². The molecule has 1 heterocycles. The van der Waals surface area contributed by atoms with Crippen LogP contribution in [0.15, 0.2) is 15.8 Å². The quantitative estimate of drug-likeness (QED) is 0.789. The Labute approximate surface area is 118 Å². The molecular weight excluding hydrogens is 256 g/mol. The predicted octanol–water partition coefficient (Wildman–Crippen LogP) is 1.58. The summed E-state index contributed by atoms with van der Waals surface area (Å²) in [5.41, 5.74) is -0.745. The molecule has 0 saturated heterocycles. The second-order valence-electron chi connectivity index (χ2n) is 6.04. The Kier molecular flexibility index (Phi) is 4.26. The molecule has 1 aromatic heterocycles. The lowest BCUT2D eigenvalue weighted by atomic mass is 9.82. The highest BCUT2D eigenvalue weighted by Gasteiger charge is 2.21. The zero-order chi connectivity index (χ0) is 14.9. The van der Waals surface area contributed by atoms with Crippen LogP contribution in [0.5, 0.6) is 0 Å². The smallest absolute Gasteiger partial charge is 0.299 e. The van der Waals surface area contributed by atoms with Crippen molar-refractivity contribution in [1.82, 2.24) is 9.13 Å². The van der Waals surface area contributed by atoms with Crippen molar-refractivity contribution < 1.29 is 4.79 Å². The van der Waals surface area contributed by atoms with E-state index in [1.54, 1.807) is 0 Å². The summed E-state index contributed by atoms with van der Waals surface area (Å²) in [6.45, 7) is 4.18. The molecule has 0 N–H and O–H groups in total. The van der Waals surface area contributed by atoms with Gasteiger partial charge in [-0.3, -0.25) is 18.7 Å². The van der Waals surface area contributed by atoms with Crippen molar-refractivity contribution in [2.75, 3.05) is 0 Å². The van der Waals surface area contributed by atoms with Crippen LogP contribution in [0.4, 0.5) is 0 Å². The Hall–Kier alpha value is -1.65. The van der Waals surface area contributed by atoms with Gasteiger partial charge >= 0.3 is 5.69 Å². The normalized spacial score (nSPS) is 22.8. The van der Waals surface area contributed by atoms with Crippen molar-refractivity contribution in [3.63, 3.8) is 0 Å². The van der Waals surface area contributed by atoms with Crippen LogP contribution < -0.4 is 11.2 Å². The fourth-order valence-corrected chi connectivity index (χ4v) is 3.10. The zero-order valence-electron chi connectivity index (χ0n) is 12.4. The number of rotatable bonds is 3. The van der Waals surface area contributed by atoms with Crippen molar-refractivity contribution in [2.45, 2.75) is 46.1 Å². The van der Waals surface area contributed by atoms with E-state index in [9.17, 15) is 14.4 Å². The lowest BCUT2D eigenvalue weighted by Crippen LogP contribution is -2.41. The van der Waals surface area contributed by atoms with Crippen LogP contribution in [0.1, 0.15) is 49.9 Å². The highest BCUT2D eigenvalue weighted by Crippen LogP contribution is 2.29. The van der Waals surface area contributed by atoms with E-state index in [4.69, 9.17) is 0 Å². The predicted molar refractivity (Wildman–Crippen MR) is 77.1 cm³/mol. The van der Waals surface area contributed by atoms with Crippen LogP contribution in [0.2, 0.25) is 0 Å². The van der Waals surface area contributed by atoms with E-state index in [1.807, 2.05) is 0 Å². The highest BCUT2D eigenvalue weighted by molar-refractivity contribution is 5.93. The van der Waals surface area contributed by atoms with E-state index in [0.717, 1.165) is 17.4 Å². The summed E-state index contributed by atoms with van der Waals surface area (Å²) in [5.74, 6) is 0.842. The third-order valence-electron chi connectivity index (χ3n) is 4.23. The summed E-state index contributed by atoms with van der Waals surface area (Å²) in [6, 6.07) is 0. The minimum Gasteiger partial charge on any atom is -0.299 e. The zero-order valence-corrected chi connectivity index (χ0v) is 12.4. The Morgan fingerprint density at radius 1 is 1.35 bits per heavy atom. The average Bonchev–Trinajstić information content (AvgIpc) is 2.39. The van der Waals surface area contributed by atoms with Gasteiger partial charge in [0.2, 0.25) is 0 Å². The molecule has 0 radical (unpaired) electrons. The molecule has 1 saturated carbocycles. The van der Waals surface area contributed by atoms with Crippen LogP contribution in [0.3, 0.4) is 0 Å². The number of aromatic nitrogens is 2. The molecule has 0 bridgehead atoms. The highest BCUT2D eigenvalue weighted by atomic mass is 16.2. The number of carbonyl (C=O) groups excluding carboxylic acids is 1. The summed E-state index contributed by atoms with van der Waals surface area (Å²) < 4.78 is 2.56. The van der Waals surface area contributed by atoms with Gasteiger partial charge in [-0.05, 0) is 31.6 Å². The topological polar surface area (TPSA) is 61.1 Å². The fourth-order valence-electron chi connectivity index (χ4n) is 3.10. The summed E-state index contributed by atoms with van der Waals surface area (Å²) in [5, 5.41) is 0. The first-order valence-corrected chi connectivity index (χ1v) is 7.21. The van der Waals surface area contributed by atoms with Crippen LogP contribution in [0.25, 0.3) is 0 Å². The van der Waals surface area contributed by atoms with Gasteiger partial charge in [-0.25, -0.2) is 4.79 Å². The third-order valence-corrected chi connectivity index (χ3v) is 4.23. The van der Waals surface area contributed by atoms with Crippen molar-refractivity contribution in [3.05, 3.63) is 32.6 Å². The molecule has 0 spiro atoms. The maximum Gasteiger partial charge on any atom is 0.330 e. The van der Waals surface area contributed by atoms with Gasteiger partial charge in [-0.2, -0.15) is 0 Å². The number of hydrogen-bond donors (Lipinski definition) is 0. The van der Waals surface area contributed by atoms with Gasteiger partial charge in [0.1, 0.15) is 0 Å². The van der Waals surface area contributed by atoms with Crippen molar-refractivity contribution in [1.29, 1.82) is 0 Å². The lowest BCUT2D eigenvalue weighted by Gasteiger charge is -2.27. The third kappa shape index (κ3) is 2.92. The van der Waals surface area contributed by atoms with E-state index in [2.05, 4.69) is 6.92 Å². The van der Waals surface area contributed by atoms with Gasteiger partial charge in [-0.1, -0.05) is 19.8 Å². The Balaban J connectivity index is 2.34. The molecule has 0 aromatic carbocycles. The van der Waals surface area contributed by atoms with E-state index < -0.39 is 5.56 Å². The molecule has 0 aliphatic heterocycles. The van der Waals surface area contributed by atoms with Gasteiger partial charge in [-0.15, -0.1) is 0 Å². The number of ketones is 1. The van der Waals surface area contributed by atoms with Crippen molar-refractivity contribution >= 4 is 5.78 Å². The Morgan fingerprint density at radius 3 is 2.65 bits per heavy atom. The van der Waals surface area contributed by atoms with Crippen LogP contribution in [-0.4, -0.2) is 14.9 Å². The lowest BCUT2D eigenvalue weighted by molar-refractivity contribution is 0.101. The number of nitrogens with zero attached hydrogens (tertiary/aromatic N) is 2. The molecule has 110 valence electrons. The molecule has 5 nitrogen and oxygen atoms in total. The summed E-state index contributed by atoms with van der Waals surface area (Å²) in [7, 11) is 1.43. The van der Waals surface area contributed by atoms with Gasteiger partial charge in [0.15, 0.2) is 5.78 Å². The molecule has 1 aliphatic carbocycles. The van der Waals surface area contributed by atoms with E-state index in [-0.39, 0.29) is 17.0 Å². The van der Waals surface area contributed by atoms with E-state index in [0.29, 0.717) is 18.4 Å². The standard InChI is InChI=1S/C15H22N2O3/c1-10-5-4-6-12(7-10)8-17-9-13(11(2)18)14(19)16(3)15(17)20/h9-10,12H,4-8H2,1-3H3/t10-,12-/m1/s1. The van der Waals surface area contributed by atoms with Gasteiger partial charge in [0.25, 0.3) is 5.56 Å². The second-order valence-corrected chi connectivity index (χ2v) is 6.04. The Bertz CT molecular complexity index is 627. The summed E-state index contributed by atoms with van der Waals surface area (Å²) in [4.78, 5) is 35.5. The SMILES string of the molecule is CC(=O)c1cn(C[C@@H]2CCC[C@@H](C)C2)c(=O)n(C)c1=O. The fraction of sp³-hybridized carbons (Fsp3) is 0.667. The molecule has 0 unspecified atom stereocenters. The van der Waals surface area contributed by atoms with Gasteiger partial charge in [0, 0.05) is 19.8 Å². The van der Waals surface area contributed by atoms with E-state index >= 15 is 0 Å². The van der Waals surface area contributed by atoms with Gasteiger partial charge in [0.05, 0.1) is 5.56 Å². The Morgan fingerprint density at radius 2 is 2.05 bits per heavy atom. The number of hydrogen-bond acceptors (Lipinski definition) is 3. The van der Waals surface area contributed by atoms with Crippen LogP contribution in [0, 0.1) is 11.8 Å². The molecule has 1 aliphatic rings. The van der Waals surface area contributed by atoms with Crippen LogP contribution in [-0.2, 0) is 13.6 Å². The molecule has 1 fully saturated rings. The minimum atomic E-state index is -0.504. The second kappa shape index (κ2) is 5.77. The molecule has 20 heavy (non-hydrogen) atoms. The minimum absolute atomic E-state index is 0.0935. The largest absolute Gasteiger partial charge is 0.330 e. The van der Waals surface area contributed by atoms with Crippen LogP contribution >= 0.6 is 0 Å². The first-order chi connectivity index (χ1) is 9.40. The molecule has 5 heteroatoms. The van der Waals surface area contributed by atoms with Gasteiger partial charge < -0.3 is 0 Å². The van der Waals surface area contributed by atoms with E-state index in [1.165, 1.54) is 37.6 Å². The molecule has 0 amide bonds. The number of carbonyl (C=O) groups is 1. The maximum absolute atomic E-state index is 12.1. The molecule has 2 atom stereocenters. The first kappa shape index (κ1) is 14.8. The molecule has 1 aromatic rings. The van der Waals surface area contributed by atoms with Crippen molar-refractivity contribution in [3.8, 4) is 0 Å². The summed E-state index contributed by atoms with van der Waals surface area (Å²) in [6.07, 6.45) is 6.08. The monoisotopic (exact) mass is 278 g/mol. The number of Topliss-reactive ketones (excluding diaryl/α,β-unsaturated/α-hetero) is 1. The average molecular weight is 278 g/mol. The summed E-state index contributed by atoms with van der Waals surface area (Å²) >= 11 is 0. The molecular formula is C15H22N2O3.